The smallest absolute Gasteiger partial charge is 0.252 e. The number of carbonyl (C=O) groups excluding carboxylic acids is 1. The summed E-state index contributed by atoms with van der Waals surface area (Å²) in [6, 6.07) is 10.2. The van der Waals surface area contributed by atoms with E-state index in [1.165, 1.54) is 25.5 Å². The Morgan fingerprint density at radius 1 is 1.33 bits per heavy atom. The molecule has 8 nitrogen and oxygen atoms in total. The van der Waals surface area contributed by atoms with Crippen LogP contribution in [0, 0.1) is 0 Å². The number of aromatic nitrogens is 3. The average Bonchev–Trinajstić information content (AvgIpc) is 3.27. The highest BCUT2D eigenvalue weighted by Crippen LogP contribution is 2.27. The Morgan fingerprint density at radius 3 is 2.81 bits per heavy atom. The standard InChI is InChI=1S/C16H16ClN5O3S2/c1-21(27(24,25)16-6-5-14(17)26-16)9-15(23)20-13-4-2-3-12(7-13)8-22-11-18-10-19-22/h2-7,10-11H,8-9H2,1H3,(H,20,23). The Morgan fingerprint density at radius 2 is 2.15 bits per heavy atom. The largest absolute Gasteiger partial charge is 0.325 e. The van der Waals surface area contributed by atoms with Crippen LogP contribution in [0.25, 0.3) is 0 Å². The van der Waals surface area contributed by atoms with Crippen LogP contribution in [-0.4, -0.2) is 47.0 Å². The van der Waals surface area contributed by atoms with Crippen molar-refractivity contribution in [2.75, 3.05) is 18.9 Å². The summed E-state index contributed by atoms with van der Waals surface area (Å²) in [4.78, 5) is 16.2. The lowest BCUT2D eigenvalue weighted by Gasteiger charge is -2.16. The zero-order chi connectivity index (χ0) is 19.4. The van der Waals surface area contributed by atoms with Crippen LogP contribution in [-0.2, 0) is 21.4 Å². The first-order chi connectivity index (χ1) is 12.8. The average molecular weight is 426 g/mol. The highest BCUT2D eigenvalue weighted by Gasteiger charge is 2.24. The monoisotopic (exact) mass is 425 g/mol. The number of halogens is 1. The Hall–Kier alpha value is -2.27. The fraction of sp³-hybridized carbons (Fsp3) is 0.188. The van der Waals surface area contributed by atoms with Crippen molar-refractivity contribution in [3.05, 3.63) is 59.0 Å². The van der Waals surface area contributed by atoms with Gasteiger partial charge in [-0.25, -0.2) is 18.1 Å². The molecule has 142 valence electrons. The molecule has 1 amide bonds. The van der Waals surface area contributed by atoms with E-state index < -0.39 is 15.9 Å². The molecule has 1 aromatic carbocycles. The second-order valence-electron chi connectivity index (χ2n) is 5.66. The lowest BCUT2D eigenvalue weighted by molar-refractivity contribution is -0.116. The molecular formula is C16H16ClN5O3S2. The molecule has 27 heavy (non-hydrogen) atoms. The second kappa shape index (κ2) is 8.17. The van der Waals surface area contributed by atoms with Gasteiger partial charge in [-0.15, -0.1) is 11.3 Å². The lowest BCUT2D eigenvalue weighted by atomic mass is 10.2. The molecule has 3 rings (SSSR count). The number of benzene rings is 1. The second-order valence-corrected chi connectivity index (χ2v) is 9.65. The van der Waals surface area contributed by atoms with E-state index >= 15 is 0 Å². The van der Waals surface area contributed by atoms with Gasteiger partial charge in [-0.2, -0.15) is 9.40 Å². The number of amides is 1. The van der Waals surface area contributed by atoms with Gasteiger partial charge in [0.25, 0.3) is 10.0 Å². The number of sulfonamides is 1. The van der Waals surface area contributed by atoms with Gasteiger partial charge in [-0.05, 0) is 29.8 Å². The highest BCUT2D eigenvalue weighted by molar-refractivity contribution is 7.91. The topological polar surface area (TPSA) is 97.2 Å². The normalized spacial score (nSPS) is 11.7. The van der Waals surface area contributed by atoms with Crippen molar-refractivity contribution < 1.29 is 13.2 Å². The van der Waals surface area contributed by atoms with E-state index in [0.717, 1.165) is 21.2 Å². The minimum Gasteiger partial charge on any atom is -0.325 e. The molecule has 3 aromatic rings. The van der Waals surface area contributed by atoms with Crippen molar-refractivity contribution in [3.8, 4) is 0 Å². The van der Waals surface area contributed by atoms with Crippen molar-refractivity contribution in [2.45, 2.75) is 10.8 Å². The molecule has 0 spiro atoms. The van der Waals surface area contributed by atoms with Crippen molar-refractivity contribution >= 4 is 44.6 Å². The van der Waals surface area contributed by atoms with Crippen molar-refractivity contribution in [3.63, 3.8) is 0 Å². The van der Waals surface area contributed by atoms with Gasteiger partial charge in [-0.3, -0.25) is 4.79 Å². The maximum atomic E-state index is 12.4. The van der Waals surface area contributed by atoms with Crippen LogP contribution in [0.5, 0.6) is 0 Å². The minimum atomic E-state index is -3.76. The lowest BCUT2D eigenvalue weighted by Crippen LogP contribution is -2.34. The highest BCUT2D eigenvalue weighted by atomic mass is 35.5. The molecule has 1 N–H and O–H groups in total. The molecular weight excluding hydrogens is 410 g/mol. The first kappa shape index (κ1) is 19.5. The first-order valence-corrected chi connectivity index (χ1v) is 10.4. The first-order valence-electron chi connectivity index (χ1n) is 7.77. The van der Waals surface area contributed by atoms with Crippen LogP contribution in [0.1, 0.15) is 5.56 Å². The third-order valence-corrected chi connectivity index (χ3v) is 7.10. The van der Waals surface area contributed by atoms with E-state index in [4.69, 9.17) is 11.6 Å². The molecule has 0 fully saturated rings. The number of carbonyl (C=O) groups is 1. The molecule has 2 aromatic heterocycles. The predicted octanol–water partition coefficient (Wildman–Crippen LogP) is 2.30. The number of hydrogen-bond acceptors (Lipinski definition) is 6. The van der Waals surface area contributed by atoms with Crippen molar-refractivity contribution in [1.82, 2.24) is 19.1 Å². The van der Waals surface area contributed by atoms with Crippen LogP contribution >= 0.6 is 22.9 Å². The van der Waals surface area contributed by atoms with E-state index in [1.54, 1.807) is 29.2 Å². The van der Waals surface area contributed by atoms with Gasteiger partial charge in [0.05, 0.1) is 17.4 Å². The summed E-state index contributed by atoms with van der Waals surface area (Å²) >= 11 is 6.74. The van der Waals surface area contributed by atoms with Gasteiger partial charge in [0.15, 0.2) is 0 Å². The summed E-state index contributed by atoms with van der Waals surface area (Å²) in [5, 5.41) is 6.74. The van der Waals surface area contributed by atoms with E-state index in [-0.39, 0.29) is 10.8 Å². The SMILES string of the molecule is CN(CC(=O)Nc1cccc(Cn2cncn2)c1)S(=O)(=O)c1ccc(Cl)s1. The third kappa shape index (κ3) is 4.92. The van der Waals surface area contributed by atoms with Crippen LogP contribution in [0.15, 0.2) is 53.3 Å². The molecule has 0 saturated carbocycles. The molecule has 0 unspecified atom stereocenters. The Bertz CT molecular complexity index is 1030. The molecule has 2 heterocycles. The predicted molar refractivity (Wildman–Crippen MR) is 103 cm³/mol. The number of thiophene rings is 1. The fourth-order valence-electron chi connectivity index (χ4n) is 2.33. The van der Waals surface area contributed by atoms with Gasteiger partial charge in [-0.1, -0.05) is 23.7 Å². The zero-order valence-electron chi connectivity index (χ0n) is 14.2. The Kier molecular flexibility index (Phi) is 5.90. The van der Waals surface area contributed by atoms with Crippen LogP contribution in [0.4, 0.5) is 5.69 Å². The summed E-state index contributed by atoms with van der Waals surface area (Å²) in [6.45, 7) is 0.197. The van der Waals surface area contributed by atoms with E-state index in [0.29, 0.717) is 16.6 Å². The van der Waals surface area contributed by atoms with Gasteiger partial charge in [0.2, 0.25) is 5.91 Å². The minimum absolute atomic E-state index is 0.0950. The third-order valence-electron chi connectivity index (χ3n) is 3.60. The maximum Gasteiger partial charge on any atom is 0.252 e. The number of nitrogens with one attached hydrogen (secondary N) is 1. The van der Waals surface area contributed by atoms with Crippen LogP contribution in [0.3, 0.4) is 0 Å². The number of likely N-dealkylation sites (N-methyl/N-ethyl adjacent to an activating group) is 1. The quantitative estimate of drug-likeness (QED) is 0.626. The Labute approximate surface area is 165 Å². The van der Waals surface area contributed by atoms with Crippen molar-refractivity contribution in [1.29, 1.82) is 0 Å². The Balaban J connectivity index is 1.63. The number of rotatable bonds is 7. The summed E-state index contributed by atoms with van der Waals surface area (Å²) in [5.41, 5.74) is 1.50. The maximum absolute atomic E-state index is 12.4. The summed E-state index contributed by atoms with van der Waals surface area (Å²) < 4.78 is 28.0. The van der Waals surface area contributed by atoms with Gasteiger partial charge < -0.3 is 5.32 Å². The number of anilines is 1. The molecule has 0 bridgehead atoms. The van der Waals surface area contributed by atoms with Crippen LogP contribution < -0.4 is 5.32 Å². The molecule has 0 radical (unpaired) electrons. The van der Waals surface area contributed by atoms with E-state index in [9.17, 15) is 13.2 Å². The van der Waals surface area contributed by atoms with Crippen LogP contribution in [0.2, 0.25) is 4.34 Å². The molecule has 0 saturated heterocycles. The molecule has 0 atom stereocenters. The summed E-state index contributed by atoms with van der Waals surface area (Å²) in [6.07, 6.45) is 3.05. The number of nitrogens with zero attached hydrogens (tertiary/aromatic N) is 4. The molecule has 0 aliphatic carbocycles. The zero-order valence-corrected chi connectivity index (χ0v) is 16.6. The van der Waals surface area contributed by atoms with E-state index in [1.807, 2.05) is 6.07 Å². The van der Waals surface area contributed by atoms with Crippen molar-refractivity contribution in [2.24, 2.45) is 0 Å². The van der Waals surface area contributed by atoms with Gasteiger partial charge in [0, 0.05) is 12.7 Å². The summed E-state index contributed by atoms with van der Waals surface area (Å²) in [7, 11) is -2.41. The molecule has 11 heteroatoms. The van der Waals surface area contributed by atoms with Gasteiger partial charge in [0.1, 0.15) is 16.9 Å². The summed E-state index contributed by atoms with van der Waals surface area (Å²) in [5.74, 6) is -0.443. The molecule has 0 aliphatic heterocycles. The fourth-order valence-corrected chi connectivity index (χ4v) is 5.15. The van der Waals surface area contributed by atoms with E-state index in [2.05, 4.69) is 15.4 Å². The molecule has 0 aliphatic rings. The number of hydrogen-bond donors (Lipinski definition) is 1. The van der Waals surface area contributed by atoms with Gasteiger partial charge >= 0.3 is 0 Å².